The Morgan fingerprint density at radius 3 is 2.05 bits per heavy atom. The molecular formula is C30H31F6N3OS. The number of thioether (sulfide) groups is 1. The fraction of sp³-hybridized carbons (Fsp3) is 0.433. The quantitative estimate of drug-likeness (QED) is 0.313. The molecule has 2 aliphatic heterocycles. The minimum Gasteiger partial charge on any atom is -0.333 e. The van der Waals surface area contributed by atoms with Crippen molar-refractivity contribution < 1.29 is 31.1 Å². The number of amides is 1. The summed E-state index contributed by atoms with van der Waals surface area (Å²) < 4.78 is 81.1. The molecule has 2 heterocycles. The van der Waals surface area contributed by atoms with Gasteiger partial charge in [0.25, 0.3) is 5.91 Å². The molecule has 0 aromatic heterocycles. The molecule has 4 nitrogen and oxygen atoms in total. The summed E-state index contributed by atoms with van der Waals surface area (Å²) in [5.74, 6) is 1.35. The van der Waals surface area contributed by atoms with Crippen molar-refractivity contribution in [3.05, 3.63) is 82.9 Å². The number of benzene rings is 3. The van der Waals surface area contributed by atoms with Crippen LogP contribution in [0.1, 0.15) is 27.0 Å². The van der Waals surface area contributed by atoms with Crippen molar-refractivity contribution in [1.29, 1.82) is 0 Å². The molecule has 0 aliphatic carbocycles. The summed E-state index contributed by atoms with van der Waals surface area (Å²) in [7, 11) is 0. The second kappa shape index (κ2) is 12.2. The van der Waals surface area contributed by atoms with Gasteiger partial charge in [0.1, 0.15) is 0 Å². The highest BCUT2D eigenvalue weighted by Gasteiger charge is 2.39. The van der Waals surface area contributed by atoms with E-state index in [1.54, 1.807) is 0 Å². The van der Waals surface area contributed by atoms with Crippen molar-refractivity contribution in [2.45, 2.75) is 24.8 Å². The third-order valence-corrected chi connectivity index (χ3v) is 8.73. The average Bonchev–Trinajstić information content (AvgIpc) is 2.95. The Morgan fingerprint density at radius 1 is 0.756 bits per heavy atom. The zero-order valence-electron chi connectivity index (χ0n) is 22.3. The maximum atomic E-state index is 13.6. The molecule has 3 aromatic rings. The predicted octanol–water partition coefficient (Wildman–Crippen LogP) is 6.30. The maximum Gasteiger partial charge on any atom is 0.416 e. The molecule has 0 bridgehead atoms. The van der Waals surface area contributed by atoms with Crippen molar-refractivity contribution in [2.75, 3.05) is 57.3 Å². The van der Waals surface area contributed by atoms with Crippen LogP contribution < -0.4 is 0 Å². The van der Waals surface area contributed by atoms with Crippen LogP contribution in [0.4, 0.5) is 26.3 Å². The topological polar surface area (TPSA) is 26.8 Å². The zero-order valence-corrected chi connectivity index (χ0v) is 23.2. The molecule has 0 radical (unpaired) electrons. The van der Waals surface area contributed by atoms with Crippen molar-refractivity contribution in [3.63, 3.8) is 0 Å². The van der Waals surface area contributed by atoms with E-state index in [0.717, 1.165) is 54.0 Å². The molecule has 0 saturated carbocycles. The van der Waals surface area contributed by atoms with Gasteiger partial charge >= 0.3 is 12.4 Å². The molecule has 0 spiro atoms. The number of carbonyl (C=O) groups excluding carboxylic acids is 1. The van der Waals surface area contributed by atoms with E-state index in [1.165, 1.54) is 4.90 Å². The van der Waals surface area contributed by atoms with Crippen molar-refractivity contribution in [2.24, 2.45) is 0 Å². The molecule has 2 fully saturated rings. The number of hydrogen-bond acceptors (Lipinski definition) is 4. The van der Waals surface area contributed by atoms with Gasteiger partial charge in [-0.15, -0.1) is 0 Å². The van der Waals surface area contributed by atoms with Crippen LogP contribution in [0.3, 0.4) is 0 Å². The number of halogens is 6. The summed E-state index contributed by atoms with van der Waals surface area (Å²) in [6.07, 6.45) is -9.61. The highest BCUT2D eigenvalue weighted by atomic mass is 32.2. The summed E-state index contributed by atoms with van der Waals surface area (Å²) in [4.78, 5) is 19.7. The summed E-state index contributed by atoms with van der Waals surface area (Å²) >= 11 is 1.93. The van der Waals surface area contributed by atoms with Gasteiger partial charge in [0, 0.05) is 68.9 Å². The SMILES string of the molecule is O=C(c1cc(C(F)(F)F)cc(C(F)(F)F)c1)N1CCN(CCN2CCSCC2)C[C@H]1Cc1ccc2ccccc2c1. The van der Waals surface area contributed by atoms with E-state index in [-0.39, 0.29) is 12.6 Å². The molecule has 0 unspecified atom stereocenters. The molecule has 11 heteroatoms. The van der Waals surface area contributed by atoms with Gasteiger partial charge in [-0.25, -0.2) is 0 Å². The van der Waals surface area contributed by atoms with E-state index in [1.807, 2.05) is 54.2 Å². The first-order chi connectivity index (χ1) is 19.5. The van der Waals surface area contributed by atoms with Gasteiger partial charge in [0.15, 0.2) is 0 Å². The number of rotatable bonds is 6. The number of piperazine rings is 1. The second-order valence-corrected chi connectivity index (χ2v) is 11.8. The summed E-state index contributed by atoms with van der Waals surface area (Å²) in [5, 5.41) is 2.07. The first-order valence-electron chi connectivity index (χ1n) is 13.6. The van der Waals surface area contributed by atoms with Crippen LogP contribution in [-0.2, 0) is 18.8 Å². The van der Waals surface area contributed by atoms with Crippen LogP contribution in [0.5, 0.6) is 0 Å². The lowest BCUT2D eigenvalue weighted by molar-refractivity contribution is -0.143. The largest absolute Gasteiger partial charge is 0.416 e. The van der Waals surface area contributed by atoms with Crippen molar-refractivity contribution in [3.8, 4) is 0 Å². The van der Waals surface area contributed by atoms with Gasteiger partial charge in [-0.3, -0.25) is 9.69 Å². The van der Waals surface area contributed by atoms with E-state index in [2.05, 4.69) is 9.80 Å². The fourth-order valence-corrected chi connectivity index (χ4v) is 6.53. The third-order valence-electron chi connectivity index (χ3n) is 7.78. The van der Waals surface area contributed by atoms with Crippen molar-refractivity contribution >= 4 is 28.4 Å². The van der Waals surface area contributed by atoms with Gasteiger partial charge in [-0.05, 0) is 41.0 Å². The smallest absolute Gasteiger partial charge is 0.333 e. The normalized spacial score (nSPS) is 19.6. The Labute approximate surface area is 239 Å². The van der Waals surface area contributed by atoms with Gasteiger partial charge in [0.2, 0.25) is 0 Å². The maximum absolute atomic E-state index is 13.6. The Kier molecular flexibility index (Phi) is 8.87. The fourth-order valence-electron chi connectivity index (χ4n) is 5.55. The van der Waals surface area contributed by atoms with E-state index in [4.69, 9.17) is 0 Å². The standard InChI is InChI=1S/C30H31F6N3OS/c31-29(32,33)25-17-24(18-26(19-25)30(34,35)36)28(40)39-10-9-38(8-7-37-11-13-41-14-12-37)20-27(39)16-21-5-6-22-3-1-2-4-23(22)15-21/h1-6,15,17-19,27H,7-14,16,20H2/t27-/m1/s1. The average molecular weight is 596 g/mol. The van der Waals surface area contributed by atoms with Crippen LogP contribution in [0, 0.1) is 0 Å². The molecule has 2 saturated heterocycles. The van der Waals surface area contributed by atoms with E-state index < -0.39 is 41.0 Å². The molecular weight excluding hydrogens is 564 g/mol. The highest BCUT2D eigenvalue weighted by Crippen LogP contribution is 2.37. The van der Waals surface area contributed by atoms with Gasteiger partial charge in [0.05, 0.1) is 11.1 Å². The monoisotopic (exact) mass is 595 g/mol. The van der Waals surface area contributed by atoms with E-state index >= 15 is 0 Å². The van der Waals surface area contributed by atoms with Gasteiger partial charge < -0.3 is 9.80 Å². The van der Waals surface area contributed by atoms with Gasteiger partial charge in [-0.1, -0.05) is 42.5 Å². The van der Waals surface area contributed by atoms with Gasteiger partial charge in [-0.2, -0.15) is 38.1 Å². The van der Waals surface area contributed by atoms with Crippen LogP contribution in [-0.4, -0.2) is 84.0 Å². The van der Waals surface area contributed by atoms with Crippen molar-refractivity contribution in [1.82, 2.24) is 14.7 Å². The Balaban J connectivity index is 1.42. The summed E-state index contributed by atoms with van der Waals surface area (Å²) in [5.41, 5.74) is -2.63. The lowest BCUT2D eigenvalue weighted by Gasteiger charge is -2.42. The lowest BCUT2D eigenvalue weighted by Crippen LogP contribution is -2.57. The molecule has 3 aromatic carbocycles. The molecule has 41 heavy (non-hydrogen) atoms. The number of nitrogens with zero attached hydrogens (tertiary/aromatic N) is 3. The predicted molar refractivity (Wildman–Crippen MR) is 149 cm³/mol. The lowest BCUT2D eigenvalue weighted by atomic mass is 9.97. The minimum atomic E-state index is -5.02. The van der Waals surface area contributed by atoms with Crippen LogP contribution in [0.2, 0.25) is 0 Å². The molecule has 1 atom stereocenters. The molecule has 5 rings (SSSR count). The van der Waals surface area contributed by atoms with Crippen LogP contribution in [0.25, 0.3) is 10.8 Å². The summed E-state index contributed by atoms with van der Waals surface area (Å²) in [6, 6.07) is 14.5. The Bertz CT molecular complexity index is 1340. The first kappa shape index (κ1) is 29.7. The minimum absolute atomic E-state index is 0.0559. The third kappa shape index (κ3) is 7.37. The van der Waals surface area contributed by atoms with Crippen LogP contribution in [0.15, 0.2) is 60.7 Å². The van der Waals surface area contributed by atoms with E-state index in [0.29, 0.717) is 31.6 Å². The highest BCUT2D eigenvalue weighted by molar-refractivity contribution is 7.99. The molecule has 0 N–H and O–H groups in total. The first-order valence-corrected chi connectivity index (χ1v) is 14.7. The van der Waals surface area contributed by atoms with E-state index in [9.17, 15) is 31.1 Å². The Hall–Kier alpha value is -2.76. The summed E-state index contributed by atoms with van der Waals surface area (Å²) in [6.45, 7) is 4.87. The molecule has 1 amide bonds. The number of alkyl halides is 6. The second-order valence-electron chi connectivity index (χ2n) is 10.6. The number of carbonyl (C=O) groups is 1. The van der Waals surface area contributed by atoms with Crippen LogP contribution >= 0.6 is 11.8 Å². The zero-order chi connectivity index (χ0) is 29.2. The molecule has 220 valence electrons. The number of fused-ring (bicyclic) bond motifs is 1. The Morgan fingerprint density at radius 2 is 1.39 bits per heavy atom. The number of hydrogen-bond donors (Lipinski definition) is 0. The molecule has 2 aliphatic rings.